The molecule has 1 aliphatic rings. The van der Waals surface area contributed by atoms with Crippen molar-refractivity contribution >= 4 is 44.5 Å². The third kappa shape index (κ3) is 4.08. The predicted molar refractivity (Wildman–Crippen MR) is 130 cm³/mol. The highest BCUT2D eigenvalue weighted by molar-refractivity contribution is 7.86. The topological polar surface area (TPSA) is 112 Å². The minimum atomic E-state index is -1.50. The van der Waals surface area contributed by atoms with Crippen LogP contribution in [0.25, 0.3) is 15.9 Å². The van der Waals surface area contributed by atoms with E-state index in [2.05, 4.69) is 4.98 Å². The summed E-state index contributed by atoms with van der Waals surface area (Å²) in [6.07, 6.45) is 2.43. The van der Waals surface area contributed by atoms with Crippen molar-refractivity contribution in [2.24, 2.45) is 0 Å². The number of aromatic amines is 1. The molecule has 4 aromatic rings. The molecule has 3 heterocycles. The number of fused-ring (bicyclic) bond motifs is 2. The summed E-state index contributed by atoms with van der Waals surface area (Å²) >= 11 is 1.14. The molecular formula is C23H21N3O5S2. The number of para-hydroxylation sites is 1. The zero-order valence-corrected chi connectivity index (χ0v) is 19.3. The van der Waals surface area contributed by atoms with Gasteiger partial charge in [-0.05, 0) is 42.7 Å². The number of aliphatic hydroxyl groups is 1. The second kappa shape index (κ2) is 9.65. The zero-order valence-electron chi connectivity index (χ0n) is 17.7. The lowest BCUT2D eigenvalue weighted by Gasteiger charge is -2.29. The molecule has 2 aromatic carbocycles. The van der Waals surface area contributed by atoms with Gasteiger partial charge >= 0.3 is 5.69 Å². The number of nitrogens with one attached hydrogen (secondary N) is 1. The molecule has 0 fully saturated rings. The molecule has 0 saturated heterocycles. The Hall–Kier alpha value is -3.34. The van der Waals surface area contributed by atoms with E-state index in [9.17, 15) is 18.6 Å². The van der Waals surface area contributed by atoms with Crippen LogP contribution < -0.4 is 15.6 Å². The minimum absolute atomic E-state index is 0.177. The second-order valence-corrected chi connectivity index (χ2v) is 9.45. The molecule has 10 heteroatoms. The van der Waals surface area contributed by atoms with Crippen molar-refractivity contribution in [1.82, 2.24) is 9.55 Å². The van der Waals surface area contributed by atoms with Crippen molar-refractivity contribution in [3.05, 3.63) is 85.9 Å². The van der Waals surface area contributed by atoms with Crippen LogP contribution in [0, 0.1) is 0 Å². The summed E-state index contributed by atoms with van der Waals surface area (Å²) in [4.78, 5) is 40.5. The van der Waals surface area contributed by atoms with Crippen LogP contribution in [-0.4, -0.2) is 38.8 Å². The van der Waals surface area contributed by atoms with Gasteiger partial charge in [-0.1, -0.05) is 24.3 Å². The van der Waals surface area contributed by atoms with Crippen molar-refractivity contribution in [2.75, 3.05) is 18.0 Å². The number of aryl methyl sites for hydroxylation is 1. The van der Waals surface area contributed by atoms with Crippen LogP contribution in [0.1, 0.15) is 22.3 Å². The van der Waals surface area contributed by atoms with E-state index in [0.717, 1.165) is 47.1 Å². The van der Waals surface area contributed by atoms with Crippen LogP contribution in [0.4, 0.5) is 5.69 Å². The lowest BCUT2D eigenvalue weighted by atomic mass is 10.0. The van der Waals surface area contributed by atoms with E-state index in [1.807, 2.05) is 28.6 Å². The van der Waals surface area contributed by atoms with Crippen molar-refractivity contribution in [3.8, 4) is 5.69 Å². The number of hydrogen-bond acceptors (Lipinski definition) is 6. The average Bonchev–Trinajstić information content (AvgIpc) is 3.28. The van der Waals surface area contributed by atoms with Crippen LogP contribution in [0.2, 0.25) is 0 Å². The van der Waals surface area contributed by atoms with Gasteiger partial charge in [0.25, 0.3) is 5.56 Å². The molecule has 2 N–H and O–H groups in total. The summed E-state index contributed by atoms with van der Waals surface area (Å²) in [5.41, 5.74) is 1.43. The third-order valence-corrected chi connectivity index (χ3v) is 7.68. The summed E-state index contributed by atoms with van der Waals surface area (Å²) in [5.74, 6) is 0. The summed E-state index contributed by atoms with van der Waals surface area (Å²) in [6, 6.07) is 14.5. The van der Waals surface area contributed by atoms with Gasteiger partial charge in [-0.2, -0.15) is 0 Å². The van der Waals surface area contributed by atoms with Crippen LogP contribution in [0.3, 0.4) is 0 Å². The minimum Gasteiger partial charge on any atom is -0.400 e. The molecule has 5 rings (SSSR count). The van der Waals surface area contributed by atoms with Gasteiger partial charge in [0.05, 0.1) is 21.7 Å². The molecule has 0 saturated carbocycles. The highest BCUT2D eigenvalue weighted by atomic mass is 32.2. The van der Waals surface area contributed by atoms with E-state index >= 15 is 0 Å². The molecule has 0 bridgehead atoms. The monoisotopic (exact) mass is 483 g/mol. The summed E-state index contributed by atoms with van der Waals surface area (Å²) < 4.78 is 16.2. The number of nitrogens with zero attached hydrogens (tertiary/aromatic N) is 2. The van der Waals surface area contributed by atoms with E-state index < -0.39 is 22.2 Å². The number of hydrogen-bond donors (Lipinski definition) is 2. The average molecular weight is 484 g/mol. The lowest BCUT2D eigenvalue weighted by molar-refractivity contribution is 0.112. The summed E-state index contributed by atoms with van der Waals surface area (Å²) in [7, 11) is -0.502. The predicted octanol–water partition coefficient (Wildman–Crippen LogP) is 2.64. The van der Waals surface area contributed by atoms with Crippen molar-refractivity contribution < 1.29 is 14.1 Å². The Labute approximate surface area is 195 Å². The van der Waals surface area contributed by atoms with Gasteiger partial charge in [0.2, 0.25) is 0 Å². The normalized spacial score (nSPS) is 13.7. The summed E-state index contributed by atoms with van der Waals surface area (Å²) in [5, 5.41) is 8.72. The van der Waals surface area contributed by atoms with E-state index in [-0.39, 0.29) is 10.9 Å². The fourth-order valence-electron chi connectivity index (χ4n) is 3.89. The number of anilines is 1. The first-order chi connectivity index (χ1) is 16.1. The van der Waals surface area contributed by atoms with Gasteiger partial charge in [0.1, 0.15) is 4.83 Å². The Morgan fingerprint density at radius 3 is 2.70 bits per heavy atom. The van der Waals surface area contributed by atoms with Gasteiger partial charge in [-0.3, -0.25) is 18.9 Å². The van der Waals surface area contributed by atoms with E-state index in [1.54, 1.807) is 29.6 Å². The van der Waals surface area contributed by atoms with Gasteiger partial charge in [0, 0.05) is 24.6 Å². The molecule has 2 aromatic heterocycles. The number of benzene rings is 2. The number of thiophene rings is 1. The molecule has 33 heavy (non-hydrogen) atoms. The number of aromatic nitrogens is 2. The van der Waals surface area contributed by atoms with Crippen LogP contribution >= 0.6 is 11.3 Å². The Bertz CT molecular complexity index is 1470. The lowest BCUT2D eigenvalue weighted by Crippen LogP contribution is -2.34. The zero-order chi connectivity index (χ0) is 23.5. The Morgan fingerprint density at radius 1 is 1.12 bits per heavy atom. The number of carbonyl (C=O) groups is 1. The first-order valence-electron chi connectivity index (χ1n) is 10.1. The molecule has 0 amide bonds. The van der Waals surface area contributed by atoms with Crippen LogP contribution in [-0.2, 0) is 17.4 Å². The quantitative estimate of drug-likeness (QED) is 0.434. The molecule has 8 nitrogen and oxygen atoms in total. The Balaban J connectivity index is 0.00000126. The number of aldehydes is 1. The molecule has 170 valence electrons. The maximum Gasteiger partial charge on any atom is 0.334 e. The maximum absolute atomic E-state index is 13.4. The Kier molecular flexibility index (Phi) is 6.68. The van der Waals surface area contributed by atoms with Gasteiger partial charge < -0.3 is 5.11 Å². The second-order valence-electron chi connectivity index (χ2n) is 7.16. The largest absolute Gasteiger partial charge is 0.400 e. The smallest absolute Gasteiger partial charge is 0.334 e. The first-order valence-corrected chi connectivity index (χ1v) is 12.1. The highest BCUT2D eigenvalue weighted by Gasteiger charge is 2.23. The van der Waals surface area contributed by atoms with Gasteiger partial charge in [-0.25, -0.2) is 13.6 Å². The molecular weight excluding hydrogens is 462 g/mol. The fourth-order valence-corrected chi connectivity index (χ4v) is 6.10. The summed E-state index contributed by atoms with van der Waals surface area (Å²) in [6.45, 7) is 0.651. The van der Waals surface area contributed by atoms with Gasteiger partial charge in [-0.15, -0.1) is 11.3 Å². The van der Waals surface area contributed by atoms with Crippen molar-refractivity contribution in [1.29, 1.82) is 0 Å². The Morgan fingerprint density at radius 2 is 1.91 bits per heavy atom. The fraction of sp³-hybridized carbons (Fsp3) is 0.174. The van der Waals surface area contributed by atoms with Gasteiger partial charge in [0.15, 0.2) is 17.3 Å². The van der Waals surface area contributed by atoms with Crippen molar-refractivity contribution in [3.63, 3.8) is 0 Å². The molecule has 0 spiro atoms. The standard InChI is InChI=1S/C22H17N3O4S2.CH4O/c26-12-15-13-30-20-19(15)21(27)25(22(28)23-20)16-7-3-8-17(11-16)31(29)24-10-4-6-14-5-1-2-9-18(14)24;1-2/h1-3,5,7-9,11-13H,4,6,10H2,(H,23,28);2H,1H3. The number of aliphatic hydroxyl groups excluding tert-OH is 1. The molecule has 0 aliphatic carbocycles. The number of rotatable bonds is 4. The van der Waals surface area contributed by atoms with E-state index in [0.29, 0.717) is 28.2 Å². The molecule has 1 atom stereocenters. The van der Waals surface area contributed by atoms with Crippen LogP contribution in [0.5, 0.6) is 0 Å². The molecule has 0 radical (unpaired) electrons. The maximum atomic E-state index is 13.4. The highest BCUT2D eigenvalue weighted by Crippen LogP contribution is 2.30. The number of H-pyrrole nitrogens is 1. The first kappa shape index (κ1) is 22.8. The van der Waals surface area contributed by atoms with E-state index in [4.69, 9.17) is 5.11 Å². The molecule has 1 unspecified atom stereocenters. The van der Waals surface area contributed by atoms with Crippen molar-refractivity contribution in [2.45, 2.75) is 17.7 Å². The van der Waals surface area contributed by atoms with Crippen LogP contribution in [0.15, 0.2) is 68.4 Å². The number of carbonyl (C=O) groups excluding carboxylic acids is 1. The SMILES string of the molecule is CO.O=Cc1csc2[nH]c(=O)n(-c3cccc(S(=O)N4CCCc5ccccc54)c3)c(=O)c12. The third-order valence-electron chi connectivity index (χ3n) is 5.33. The van der Waals surface area contributed by atoms with E-state index in [1.165, 1.54) is 0 Å². The molecule has 1 aliphatic heterocycles.